The summed E-state index contributed by atoms with van der Waals surface area (Å²) in [7, 11) is 0. The Kier molecular flexibility index (Phi) is 4.93. The Morgan fingerprint density at radius 2 is 2.29 bits per heavy atom. The maximum Gasteiger partial charge on any atom is 0.362 e. The van der Waals surface area contributed by atoms with E-state index < -0.39 is 11.9 Å². The smallest absolute Gasteiger partial charge is 0.362 e. The van der Waals surface area contributed by atoms with Gasteiger partial charge in [0, 0.05) is 17.9 Å². The molecule has 0 aliphatic heterocycles. The average molecular weight is 236 g/mol. The molecule has 0 aromatic rings. The molecule has 0 radical (unpaired) electrons. The summed E-state index contributed by atoms with van der Waals surface area (Å²) >= 11 is 0. The van der Waals surface area contributed by atoms with Gasteiger partial charge < -0.3 is 10.6 Å². The highest BCUT2D eigenvalue weighted by molar-refractivity contribution is 6.46. The van der Waals surface area contributed by atoms with Crippen molar-refractivity contribution in [2.45, 2.75) is 18.9 Å². The second-order valence-corrected chi connectivity index (χ2v) is 3.48. The molecule has 7 nitrogen and oxygen atoms in total. The monoisotopic (exact) mass is 236 g/mol. The highest BCUT2D eigenvalue weighted by Crippen LogP contribution is 2.13. The van der Waals surface area contributed by atoms with Crippen LogP contribution in [0.15, 0.2) is 29.1 Å². The normalized spacial score (nSPS) is 16.2. The van der Waals surface area contributed by atoms with Gasteiger partial charge in [0.05, 0.1) is 6.10 Å². The van der Waals surface area contributed by atoms with Crippen LogP contribution in [0.1, 0.15) is 12.8 Å². The molecule has 0 heterocycles. The van der Waals surface area contributed by atoms with Crippen molar-refractivity contribution in [3.63, 3.8) is 0 Å². The van der Waals surface area contributed by atoms with E-state index in [9.17, 15) is 14.8 Å². The first-order valence-corrected chi connectivity index (χ1v) is 5.08. The molecule has 1 unspecified atom stereocenters. The lowest BCUT2D eigenvalue weighted by molar-refractivity contribution is -0.113. The molecule has 1 aliphatic carbocycles. The maximum atomic E-state index is 11.3. The van der Waals surface area contributed by atoms with E-state index in [1.807, 2.05) is 0 Å². The number of rotatable bonds is 6. The summed E-state index contributed by atoms with van der Waals surface area (Å²) in [6.45, 7) is 0.370. The summed E-state index contributed by atoms with van der Waals surface area (Å²) in [5.74, 6) is -0.447. The van der Waals surface area contributed by atoms with Crippen molar-refractivity contribution in [2.75, 3.05) is 6.54 Å². The maximum absolute atomic E-state index is 11.3. The third-order valence-corrected chi connectivity index (χ3v) is 2.31. The standard InChI is InChI=1S/C10H12N4O3/c11-13-8-4-3-7(6-10(8)16)9(15)2-1-5-12-14-17/h3-4,6,9,15H,1-2,5H2,(H,12,17). The summed E-state index contributed by atoms with van der Waals surface area (Å²) in [6.07, 6.45) is 4.25. The topological polar surface area (TPSA) is 115 Å². The highest BCUT2D eigenvalue weighted by Gasteiger charge is 2.21. The minimum Gasteiger partial charge on any atom is -0.388 e. The molecule has 17 heavy (non-hydrogen) atoms. The van der Waals surface area contributed by atoms with Gasteiger partial charge in [0.1, 0.15) is 0 Å². The van der Waals surface area contributed by atoms with Crippen LogP contribution < -0.4 is 5.43 Å². The number of carbonyl (C=O) groups is 1. The van der Waals surface area contributed by atoms with Crippen LogP contribution >= 0.6 is 0 Å². The first-order chi connectivity index (χ1) is 8.19. The quantitative estimate of drug-likeness (QED) is 0.170. The Hall–Kier alpha value is -2.11. The van der Waals surface area contributed by atoms with E-state index in [0.717, 1.165) is 0 Å². The molecule has 0 aromatic carbocycles. The number of carbonyl (C=O) groups excluding carboxylic acids is 1. The van der Waals surface area contributed by atoms with Gasteiger partial charge in [-0.2, -0.15) is 4.79 Å². The Morgan fingerprint density at radius 3 is 2.88 bits per heavy atom. The Bertz CT molecular complexity index is 421. The SMILES string of the molecule is [N-]=[N+]=C1C=CC(C(O)CCCNN=O)=CC1=O. The van der Waals surface area contributed by atoms with Crippen molar-refractivity contribution in [3.8, 4) is 0 Å². The highest BCUT2D eigenvalue weighted by atomic mass is 16.3. The van der Waals surface area contributed by atoms with E-state index in [-0.39, 0.29) is 5.71 Å². The van der Waals surface area contributed by atoms with E-state index in [1.165, 1.54) is 18.2 Å². The van der Waals surface area contributed by atoms with Crippen LogP contribution in [0.2, 0.25) is 0 Å². The molecule has 2 N–H and O–H groups in total. The summed E-state index contributed by atoms with van der Waals surface area (Å²) in [5, 5.41) is 12.2. The van der Waals surface area contributed by atoms with Gasteiger partial charge in [0.15, 0.2) is 0 Å². The van der Waals surface area contributed by atoms with Crippen LogP contribution in [0.5, 0.6) is 0 Å². The molecule has 0 saturated heterocycles. The molecular weight excluding hydrogens is 224 g/mol. The zero-order chi connectivity index (χ0) is 12.7. The summed E-state index contributed by atoms with van der Waals surface area (Å²) < 4.78 is 0. The number of ketones is 1. The third kappa shape index (κ3) is 3.75. The number of nitrogens with zero attached hydrogens (tertiary/aromatic N) is 3. The molecule has 0 saturated carbocycles. The van der Waals surface area contributed by atoms with Crippen molar-refractivity contribution < 1.29 is 14.7 Å². The van der Waals surface area contributed by atoms with Crippen molar-refractivity contribution >= 4 is 11.5 Å². The molecule has 0 amide bonds. The third-order valence-electron chi connectivity index (χ3n) is 2.31. The van der Waals surface area contributed by atoms with Gasteiger partial charge in [-0.25, -0.2) is 0 Å². The molecule has 1 aliphatic rings. The Morgan fingerprint density at radius 1 is 1.53 bits per heavy atom. The van der Waals surface area contributed by atoms with E-state index in [1.54, 1.807) is 0 Å². The van der Waals surface area contributed by atoms with Crippen LogP contribution in [0, 0.1) is 4.91 Å². The number of aliphatic hydroxyl groups is 1. The van der Waals surface area contributed by atoms with Crippen molar-refractivity contribution in [1.82, 2.24) is 5.43 Å². The zero-order valence-corrected chi connectivity index (χ0v) is 9.04. The molecule has 1 rings (SSSR count). The van der Waals surface area contributed by atoms with Gasteiger partial charge in [0.2, 0.25) is 0 Å². The number of nitrogens with one attached hydrogen (secondary N) is 1. The fourth-order valence-electron chi connectivity index (χ4n) is 1.41. The van der Waals surface area contributed by atoms with Gasteiger partial charge in [-0.1, -0.05) is 0 Å². The fourth-order valence-corrected chi connectivity index (χ4v) is 1.41. The second-order valence-electron chi connectivity index (χ2n) is 3.48. The summed E-state index contributed by atoms with van der Waals surface area (Å²) in [6, 6.07) is 0. The van der Waals surface area contributed by atoms with Crippen molar-refractivity contribution in [1.29, 1.82) is 0 Å². The van der Waals surface area contributed by atoms with Gasteiger partial charge in [-0.15, -0.1) is 4.91 Å². The average Bonchev–Trinajstić information content (AvgIpc) is 2.34. The van der Waals surface area contributed by atoms with E-state index in [2.05, 4.69) is 15.5 Å². The predicted molar refractivity (Wildman–Crippen MR) is 59.9 cm³/mol. The first kappa shape index (κ1) is 13.0. The molecule has 0 spiro atoms. The van der Waals surface area contributed by atoms with Gasteiger partial charge in [-0.05, 0) is 30.6 Å². The summed E-state index contributed by atoms with van der Waals surface area (Å²) in [4.78, 5) is 23.9. The Labute approximate surface area is 97.4 Å². The number of aliphatic hydroxyl groups excluding tert-OH is 1. The van der Waals surface area contributed by atoms with Crippen LogP contribution in [0.4, 0.5) is 0 Å². The molecule has 7 heteroatoms. The number of nitroso groups, excluding NO2 is 1. The van der Waals surface area contributed by atoms with Crippen LogP contribution in [-0.4, -0.2) is 34.0 Å². The predicted octanol–water partition coefficient (Wildman–Crippen LogP) is 0.135. The summed E-state index contributed by atoms with van der Waals surface area (Å²) in [5.41, 5.74) is 11.1. The minimum absolute atomic E-state index is 0.0622. The second kappa shape index (κ2) is 6.47. The van der Waals surface area contributed by atoms with Gasteiger partial charge in [0.25, 0.3) is 5.78 Å². The van der Waals surface area contributed by atoms with Crippen LogP contribution in [-0.2, 0) is 4.79 Å². The zero-order valence-electron chi connectivity index (χ0n) is 9.04. The minimum atomic E-state index is -0.788. The van der Waals surface area contributed by atoms with E-state index >= 15 is 0 Å². The molecule has 1 atom stereocenters. The van der Waals surface area contributed by atoms with Crippen molar-refractivity contribution in [2.24, 2.45) is 5.29 Å². The lowest BCUT2D eigenvalue weighted by atomic mass is 9.97. The molecule has 0 fully saturated rings. The lowest BCUT2D eigenvalue weighted by Gasteiger charge is -2.12. The molecule has 0 aromatic heterocycles. The van der Waals surface area contributed by atoms with Gasteiger partial charge >= 0.3 is 5.71 Å². The van der Waals surface area contributed by atoms with Crippen LogP contribution in [0.3, 0.4) is 0 Å². The molecule has 0 bridgehead atoms. The Balaban J connectivity index is 2.51. The van der Waals surface area contributed by atoms with Gasteiger partial charge in [-0.3, -0.25) is 10.2 Å². The van der Waals surface area contributed by atoms with E-state index in [4.69, 9.17) is 5.53 Å². The fraction of sp³-hybridized carbons (Fsp3) is 0.400. The number of hydrogen-bond acceptors (Lipinski definition) is 4. The van der Waals surface area contributed by atoms with Crippen molar-refractivity contribution in [3.05, 3.63) is 34.2 Å². The molecule has 90 valence electrons. The molecular formula is C10H12N4O3. The number of hydrogen-bond donors (Lipinski definition) is 2. The lowest BCUT2D eigenvalue weighted by Crippen LogP contribution is -2.20. The largest absolute Gasteiger partial charge is 0.388 e. The van der Waals surface area contributed by atoms with E-state index in [0.29, 0.717) is 25.0 Å². The van der Waals surface area contributed by atoms with Crippen LogP contribution in [0.25, 0.3) is 5.53 Å². The number of allylic oxidation sites excluding steroid dienone is 2. The first-order valence-electron chi connectivity index (χ1n) is 5.08.